The zero-order valence-electron chi connectivity index (χ0n) is 14.7. The number of aromatic nitrogens is 2. The fraction of sp³-hybridized carbons (Fsp3) is 0.500. The van der Waals surface area contributed by atoms with Gasteiger partial charge in [-0.15, -0.1) is 0 Å². The van der Waals surface area contributed by atoms with E-state index >= 15 is 0 Å². The molecule has 1 fully saturated rings. The van der Waals surface area contributed by atoms with Crippen LogP contribution in [0.3, 0.4) is 0 Å². The Hall–Kier alpha value is -1.94. The van der Waals surface area contributed by atoms with Gasteiger partial charge in [-0.3, -0.25) is 0 Å². The molecule has 0 atom stereocenters. The van der Waals surface area contributed by atoms with Crippen molar-refractivity contribution in [1.29, 1.82) is 0 Å². The lowest BCUT2D eigenvalue weighted by Crippen LogP contribution is -2.35. The Labute approximate surface area is 144 Å². The molecule has 1 saturated carbocycles. The molecule has 1 aromatic heterocycles. The topological polar surface area (TPSA) is 42.2 Å². The fourth-order valence-electron chi connectivity index (χ4n) is 3.45. The molecule has 0 bridgehead atoms. The molecule has 2 aromatic rings. The first-order valence-electron chi connectivity index (χ1n) is 9.00. The average molecular weight is 325 g/mol. The number of nitrogens with zero attached hydrogens (tertiary/aromatic N) is 3. The van der Waals surface area contributed by atoms with Crippen molar-refractivity contribution in [1.82, 2.24) is 15.0 Å². The van der Waals surface area contributed by atoms with E-state index in [0.717, 1.165) is 30.5 Å². The minimum Gasteiger partial charge on any atom is -0.339 e. The number of hydrogen-bond donors (Lipinski definition) is 0. The molecule has 1 aromatic carbocycles. The SMILES string of the molecule is CCN(C)C1CCC(Cc2nc(C=Cc3ccccc3)no2)CC1. The maximum absolute atomic E-state index is 5.43. The van der Waals surface area contributed by atoms with Crippen LogP contribution in [0.4, 0.5) is 0 Å². The van der Waals surface area contributed by atoms with Crippen molar-refractivity contribution in [3.05, 3.63) is 47.6 Å². The highest BCUT2D eigenvalue weighted by Crippen LogP contribution is 2.29. The molecule has 0 aliphatic heterocycles. The molecule has 0 spiro atoms. The van der Waals surface area contributed by atoms with Gasteiger partial charge in [0.15, 0.2) is 5.82 Å². The van der Waals surface area contributed by atoms with Gasteiger partial charge >= 0.3 is 0 Å². The second kappa shape index (κ2) is 8.25. The molecule has 0 saturated heterocycles. The zero-order valence-corrected chi connectivity index (χ0v) is 14.7. The van der Waals surface area contributed by atoms with E-state index in [0.29, 0.717) is 11.7 Å². The van der Waals surface area contributed by atoms with Crippen molar-refractivity contribution >= 4 is 12.2 Å². The Morgan fingerprint density at radius 1 is 1.12 bits per heavy atom. The summed E-state index contributed by atoms with van der Waals surface area (Å²) in [4.78, 5) is 6.98. The van der Waals surface area contributed by atoms with Gasteiger partial charge in [-0.2, -0.15) is 4.98 Å². The van der Waals surface area contributed by atoms with Gasteiger partial charge in [-0.25, -0.2) is 0 Å². The minimum absolute atomic E-state index is 0.660. The third-order valence-corrected chi connectivity index (χ3v) is 5.11. The molecule has 24 heavy (non-hydrogen) atoms. The zero-order chi connectivity index (χ0) is 16.8. The first-order valence-corrected chi connectivity index (χ1v) is 9.00. The lowest BCUT2D eigenvalue weighted by molar-refractivity contribution is 0.167. The smallest absolute Gasteiger partial charge is 0.227 e. The van der Waals surface area contributed by atoms with Crippen molar-refractivity contribution in [3.63, 3.8) is 0 Å². The quantitative estimate of drug-likeness (QED) is 0.794. The molecule has 0 N–H and O–H groups in total. The standard InChI is InChI=1S/C20H27N3O/c1-3-23(2)18-12-9-17(10-13-18)15-20-21-19(22-24-20)14-11-16-7-5-4-6-8-16/h4-8,11,14,17-18H,3,9-10,12-13,15H2,1-2H3. The average Bonchev–Trinajstić information content (AvgIpc) is 3.08. The van der Waals surface area contributed by atoms with Crippen molar-refractivity contribution in [2.24, 2.45) is 5.92 Å². The minimum atomic E-state index is 0.660. The van der Waals surface area contributed by atoms with Crippen LogP contribution in [0.15, 0.2) is 34.9 Å². The second-order valence-corrected chi connectivity index (χ2v) is 6.74. The molecule has 0 amide bonds. The van der Waals surface area contributed by atoms with E-state index in [9.17, 15) is 0 Å². The third kappa shape index (κ3) is 4.54. The molecule has 0 radical (unpaired) electrons. The Kier molecular flexibility index (Phi) is 5.81. The summed E-state index contributed by atoms with van der Waals surface area (Å²) in [5, 5.41) is 4.07. The second-order valence-electron chi connectivity index (χ2n) is 6.74. The lowest BCUT2D eigenvalue weighted by atomic mass is 9.83. The Morgan fingerprint density at radius 2 is 1.88 bits per heavy atom. The van der Waals surface area contributed by atoms with E-state index in [1.165, 1.54) is 25.7 Å². The predicted molar refractivity (Wildman–Crippen MR) is 97.4 cm³/mol. The van der Waals surface area contributed by atoms with Crippen LogP contribution in [-0.4, -0.2) is 34.7 Å². The van der Waals surface area contributed by atoms with Crippen molar-refractivity contribution < 1.29 is 4.52 Å². The number of hydrogen-bond acceptors (Lipinski definition) is 4. The van der Waals surface area contributed by atoms with E-state index in [2.05, 4.69) is 41.1 Å². The van der Waals surface area contributed by atoms with Crippen LogP contribution in [0.5, 0.6) is 0 Å². The highest BCUT2D eigenvalue weighted by Gasteiger charge is 2.24. The van der Waals surface area contributed by atoms with Crippen LogP contribution in [0.25, 0.3) is 12.2 Å². The molecule has 4 heteroatoms. The fourth-order valence-corrected chi connectivity index (χ4v) is 3.45. The molecule has 1 aliphatic rings. The van der Waals surface area contributed by atoms with Gasteiger partial charge < -0.3 is 9.42 Å². The predicted octanol–water partition coefficient (Wildman–Crippen LogP) is 4.29. The van der Waals surface area contributed by atoms with Crippen LogP contribution in [0.1, 0.15) is 49.9 Å². The lowest BCUT2D eigenvalue weighted by Gasteiger charge is -2.33. The Balaban J connectivity index is 1.51. The van der Waals surface area contributed by atoms with Crippen LogP contribution >= 0.6 is 0 Å². The monoisotopic (exact) mass is 325 g/mol. The molecule has 1 heterocycles. The molecule has 0 unspecified atom stereocenters. The van der Waals surface area contributed by atoms with E-state index < -0.39 is 0 Å². The van der Waals surface area contributed by atoms with Gasteiger partial charge in [0.1, 0.15) is 0 Å². The van der Waals surface area contributed by atoms with E-state index in [-0.39, 0.29) is 0 Å². The van der Waals surface area contributed by atoms with Crippen LogP contribution in [0.2, 0.25) is 0 Å². The summed E-state index contributed by atoms with van der Waals surface area (Å²) < 4.78 is 5.43. The summed E-state index contributed by atoms with van der Waals surface area (Å²) in [5.41, 5.74) is 1.14. The Morgan fingerprint density at radius 3 is 2.58 bits per heavy atom. The summed E-state index contributed by atoms with van der Waals surface area (Å²) in [6, 6.07) is 10.9. The molecular formula is C20H27N3O. The van der Waals surface area contributed by atoms with Crippen molar-refractivity contribution in [3.8, 4) is 0 Å². The normalized spacial score (nSPS) is 21.6. The highest BCUT2D eigenvalue weighted by molar-refractivity contribution is 5.66. The van der Waals surface area contributed by atoms with Crippen LogP contribution in [0, 0.1) is 5.92 Å². The highest BCUT2D eigenvalue weighted by atomic mass is 16.5. The van der Waals surface area contributed by atoms with Crippen molar-refractivity contribution in [2.45, 2.75) is 45.1 Å². The first kappa shape index (κ1) is 16.9. The van der Waals surface area contributed by atoms with Gasteiger partial charge in [-0.05, 0) is 56.8 Å². The first-order chi connectivity index (χ1) is 11.7. The summed E-state index contributed by atoms with van der Waals surface area (Å²) in [7, 11) is 2.23. The molecule has 3 rings (SSSR count). The molecule has 4 nitrogen and oxygen atoms in total. The van der Waals surface area contributed by atoms with Crippen LogP contribution < -0.4 is 0 Å². The molecular weight excluding hydrogens is 298 g/mol. The number of benzene rings is 1. The third-order valence-electron chi connectivity index (χ3n) is 5.11. The summed E-state index contributed by atoms with van der Waals surface area (Å²) >= 11 is 0. The van der Waals surface area contributed by atoms with E-state index in [1.54, 1.807) is 0 Å². The summed E-state index contributed by atoms with van der Waals surface area (Å²) in [6.45, 7) is 3.37. The molecule has 1 aliphatic carbocycles. The van der Waals surface area contributed by atoms with Gasteiger partial charge in [0.2, 0.25) is 5.89 Å². The summed E-state index contributed by atoms with van der Waals surface area (Å²) in [6.07, 6.45) is 9.91. The number of rotatable bonds is 6. The largest absolute Gasteiger partial charge is 0.339 e. The maximum atomic E-state index is 5.43. The van der Waals surface area contributed by atoms with E-state index in [4.69, 9.17) is 4.52 Å². The summed E-state index contributed by atoms with van der Waals surface area (Å²) in [5.74, 6) is 2.11. The molecule has 128 valence electrons. The van der Waals surface area contributed by atoms with Gasteiger partial charge in [0.05, 0.1) is 0 Å². The van der Waals surface area contributed by atoms with Crippen molar-refractivity contribution in [2.75, 3.05) is 13.6 Å². The van der Waals surface area contributed by atoms with Gasteiger partial charge in [0.25, 0.3) is 0 Å². The van der Waals surface area contributed by atoms with E-state index in [1.807, 2.05) is 30.4 Å². The van der Waals surface area contributed by atoms with Crippen LogP contribution in [-0.2, 0) is 6.42 Å². The maximum Gasteiger partial charge on any atom is 0.227 e. The Bertz CT molecular complexity index is 642. The van der Waals surface area contributed by atoms with Gasteiger partial charge in [-0.1, -0.05) is 48.5 Å². The van der Waals surface area contributed by atoms with Gasteiger partial charge in [0, 0.05) is 12.5 Å².